The molecule has 2 aromatic carbocycles. The predicted molar refractivity (Wildman–Crippen MR) is 103 cm³/mol. The van der Waals surface area contributed by atoms with Crippen LogP contribution in [-0.4, -0.2) is 43.1 Å². The number of methoxy groups -OCH3 is 1. The van der Waals surface area contributed by atoms with Gasteiger partial charge in [-0.1, -0.05) is 6.07 Å². The van der Waals surface area contributed by atoms with Crippen molar-refractivity contribution in [2.24, 2.45) is 0 Å². The summed E-state index contributed by atoms with van der Waals surface area (Å²) in [6, 6.07) is 11.0. The van der Waals surface area contributed by atoms with E-state index in [0.29, 0.717) is 0 Å². The molecule has 0 radical (unpaired) electrons. The third-order valence-corrected chi connectivity index (χ3v) is 5.26. The van der Waals surface area contributed by atoms with Crippen LogP contribution in [0.3, 0.4) is 0 Å². The molecule has 2 aromatic rings. The minimum absolute atomic E-state index is 0.137. The fourth-order valence-electron chi connectivity index (χ4n) is 3.43. The van der Waals surface area contributed by atoms with Gasteiger partial charge in [-0.3, -0.25) is 15.0 Å². The van der Waals surface area contributed by atoms with Crippen molar-refractivity contribution in [3.63, 3.8) is 0 Å². The molecule has 6 heteroatoms. The Labute approximate surface area is 154 Å². The highest BCUT2D eigenvalue weighted by atomic mass is 16.6. The molecule has 1 heterocycles. The molecule has 1 fully saturated rings. The number of ether oxygens (including phenoxy) is 1. The van der Waals surface area contributed by atoms with E-state index in [1.807, 2.05) is 18.2 Å². The van der Waals surface area contributed by atoms with Crippen molar-refractivity contribution in [1.82, 2.24) is 4.90 Å². The van der Waals surface area contributed by atoms with Crippen LogP contribution in [0.4, 0.5) is 11.4 Å². The lowest BCUT2D eigenvalue weighted by atomic mass is 10.0. The summed E-state index contributed by atoms with van der Waals surface area (Å²) in [5.74, 6) is 0.939. The van der Waals surface area contributed by atoms with Gasteiger partial charge in [0.25, 0.3) is 5.69 Å². The summed E-state index contributed by atoms with van der Waals surface area (Å²) in [5, 5.41) is 10.8. The maximum absolute atomic E-state index is 10.8. The van der Waals surface area contributed by atoms with Gasteiger partial charge in [0, 0.05) is 50.5 Å². The van der Waals surface area contributed by atoms with Crippen LogP contribution >= 0.6 is 0 Å². The number of piperazine rings is 1. The Morgan fingerprint density at radius 1 is 1.00 bits per heavy atom. The van der Waals surface area contributed by atoms with E-state index in [2.05, 4.69) is 29.7 Å². The van der Waals surface area contributed by atoms with E-state index in [0.717, 1.165) is 44.2 Å². The van der Waals surface area contributed by atoms with Gasteiger partial charge in [0.15, 0.2) is 0 Å². The predicted octanol–water partition coefficient (Wildman–Crippen LogP) is 3.54. The minimum atomic E-state index is -0.360. The zero-order chi connectivity index (χ0) is 18.7. The Hall–Kier alpha value is -2.60. The topological polar surface area (TPSA) is 58.8 Å². The molecule has 0 aliphatic carbocycles. The van der Waals surface area contributed by atoms with E-state index in [4.69, 9.17) is 4.74 Å². The molecule has 0 spiro atoms. The first-order chi connectivity index (χ1) is 12.5. The molecule has 1 aliphatic rings. The molecule has 0 saturated carbocycles. The molecule has 3 rings (SSSR count). The number of nitro groups is 1. The first kappa shape index (κ1) is 18.2. The monoisotopic (exact) mass is 355 g/mol. The van der Waals surface area contributed by atoms with Crippen LogP contribution in [0.25, 0.3) is 0 Å². The van der Waals surface area contributed by atoms with Gasteiger partial charge in [0.2, 0.25) is 0 Å². The zero-order valence-corrected chi connectivity index (χ0v) is 15.6. The van der Waals surface area contributed by atoms with E-state index >= 15 is 0 Å². The van der Waals surface area contributed by atoms with E-state index < -0.39 is 0 Å². The van der Waals surface area contributed by atoms with Crippen molar-refractivity contribution in [2.75, 3.05) is 38.2 Å². The molecule has 0 amide bonds. The van der Waals surface area contributed by atoms with Gasteiger partial charge in [0.1, 0.15) is 5.75 Å². The second-order valence-electron chi connectivity index (χ2n) is 6.71. The lowest BCUT2D eigenvalue weighted by Crippen LogP contribution is -2.46. The average Bonchev–Trinajstić information content (AvgIpc) is 2.66. The summed E-state index contributed by atoms with van der Waals surface area (Å²) >= 11 is 0. The van der Waals surface area contributed by atoms with Gasteiger partial charge >= 0.3 is 0 Å². The SMILES string of the molecule is COc1ccc(CN2CCN(c3ccc([N+](=O)[O-])cc3)CC2)c(C)c1C. The maximum Gasteiger partial charge on any atom is 0.269 e. The molecule has 0 unspecified atom stereocenters. The molecule has 1 aliphatic heterocycles. The molecular formula is C20H25N3O3. The summed E-state index contributed by atoms with van der Waals surface area (Å²) in [6.45, 7) is 8.98. The molecule has 0 N–H and O–H groups in total. The molecule has 0 bridgehead atoms. The Bertz CT molecular complexity index is 782. The first-order valence-corrected chi connectivity index (χ1v) is 8.84. The Balaban J connectivity index is 1.60. The zero-order valence-electron chi connectivity index (χ0n) is 15.6. The second kappa shape index (κ2) is 7.74. The summed E-state index contributed by atoms with van der Waals surface area (Å²) in [5.41, 5.74) is 5.02. The largest absolute Gasteiger partial charge is 0.496 e. The second-order valence-corrected chi connectivity index (χ2v) is 6.71. The maximum atomic E-state index is 10.8. The highest BCUT2D eigenvalue weighted by Gasteiger charge is 2.19. The quantitative estimate of drug-likeness (QED) is 0.606. The van der Waals surface area contributed by atoms with Crippen LogP contribution in [0.5, 0.6) is 5.75 Å². The molecule has 0 atom stereocenters. The number of benzene rings is 2. The third-order valence-electron chi connectivity index (χ3n) is 5.26. The van der Waals surface area contributed by atoms with E-state index in [1.54, 1.807) is 19.2 Å². The van der Waals surface area contributed by atoms with E-state index in [9.17, 15) is 10.1 Å². The molecule has 6 nitrogen and oxygen atoms in total. The summed E-state index contributed by atoms with van der Waals surface area (Å²) in [4.78, 5) is 15.2. The highest BCUT2D eigenvalue weighted by Crippen LogP contribution is 2.26. The van der Waals surface area contributed by atoms with Crippen LogP contribution in [0.1, 0.15) is 16.7 Å². The summed E-state index contributed by atoms with van der Waals surface area (Å²) in [7, 11) is 1.71. The van der Waals surface area contributed by atoms with Gasteiger partial charge in [-0.25, -0.2) is 0 Å². The minimum Gasteiger partial charge on any atom is -0.496 e. The third kappa shape index (κ3) is 3.80. The molecule has 1 saturated heterocycles. The Morgan fingerprint density at radius 2 is 1.65 bits per heavy atom. The van der Waals surface area contributed by atoms with Crippen LogP contribution in [-0.2, 0) is 6.54 Å². The van der Waals surface area contributed by atoms with Crippen molar-refractivity contribution >= 4 is 11.4 Å². The number of anilines is 1. The van der Waals surface area contributed by atoms with Crippen LogP contribution in [0.2, 0.25) is 0 Å². The van der Waals surface area contributed by atoms with Crippen LogP contribution in [0.15, 0.2) is 36.4 Å². The number of nitro benzene ring substituents is 1. The fourth-order valence-corrected chi connectivity index (χ4v) is 3.43. The molecule has 26 heavy (non-hydrogen) atoms. The van der Waals surface area contributed by atoms with Gasteiger partial charge in [-0.15, -0.1) is 0 Å². The number of hydrogen-bond donors (Lipinski definition) is 0. The standard InChI is InChI=1S/C20H25N3O3/c1-15-16(2)20(26-3)9-4-17(15)14-21-10-12-22(13-11-21)18-5-7-19(8-6-18)23(24)25/h4-9H,10-14H2,1-3H3. The number of hydrogen-bond acceptors (Lipinski definition) is 5. The van der Waals surface area contributed by atoms with Crippen molar-refractivity contribution in [2.45, 2.75) is 20.4 Å². The van der Waals surface area contributed by atoms with Gasteiger partial charge in [0.05, 0.1) is 12.0 Å². The Morgan fingerprint density at radius 3 is 2.23 bits per heavy atom. The van der Waals surface area contributed by atoms with Crippen molar-refractivity contribution in [1.29, 1.82) is 0 Å². The highest BCUT2D eigenvalue weighted by molar-refractivity contribution is 5.51. The Kier molecular flexibility index (Phi) is 5.42. The van der Waals surface area contributed by atoms with Gasteiger partial charge < -0.3 is 9.64 Å². The lowest BCUT2D eigenvalue weighted by Gasteiger charge is -2.36. The van der Waals surface area contributed by atoms with Crippen molar-refractivity contribution < 1.29 is 9.66 Å². The van der Waals surface area contributed by atoms with Crippen LogP contribution < -0.4 is 9.64 Å². The smallest absolute Gasteiger partial charge is 0.269 e. The lowest BCUT2D eigenvalue weighted by molar-refractivity contribution is -0.384. The van der Waals surface area contributed by atoms with Crippen molar-refractivity contribution in [3.05, 3.63) is 63.2 Å². The average molecular weight is 355 g/mol. The van der Waals surface area contributed by atoms with Gasteiger partial charge in [-0.2, -0.15) is 0 Å². The van der Waals surface area contributed by atoms with Gasteiger partial charge in [-0.05, 0) is 48.7 Å². The van der Waals surface area contributed by atoms with E-state index in [-0.39, 0.29) is 10.6 Å². The summed E-state index contributed by atoms with van der Waals surface area (Å²) < 4.78 is 5.39. The van der Waals surface area contributed by atoms with Crippen LogP contribution in [0, 0.1) is 24.0 Å². The molecule has 138 valence electrons. The number of nitrogens with zero attached hydrogens (tertiary/aromatic N) is 3. The number of non-ortho nitro benzene ring substituents is 1. The summed E-state index contributed by atoms with van der Waals surface area (Å²) in [6.07, 6.45) is 0. The number of rotatable bonds is 5. The molecule has 0 aromatic heterocycles. The fraction of sp³-hybridized carbons (Fsp3) is 0.400. The van der Waals surface area contributed by atoms with E-state index in [1.165, 1.54) is 16.7 Å². The molecular weight excluding hydrogens is 330 g/mol. The normalized spacial score (nSPS) is 15.1. The first-order valence-electron chi connectivity index (χ1n) is 8.84. The van der Waals surface area contributed by atoms with Crippen molar-refractivity contribution in [3.8, 4) is 5.75 Å².